The van der Waals surface area contributed by atoms with Gasteiger partial charge in [0.2, 0.25) is 0 Å². The molecule has 19 heavy (non-hydrogen) atoms. The highest BCUT2D eigenvalue weighted by molar-refractivity contribution is 7.10. The molecule has 0 radical (unpaired) electrons. The van der Waals surface area contributed by atoms with Crippen LogP contribution in [0.2, 0.25) is 0 Å². The van der Waals surface area contributed by atoms with Gasteiger partial charge in [0.1, 0.15) is 0 Å². The van der Waals surface area contributed by atoms with E-state index in [1.54, 1.807) is 0 Å². The van der Waals surface area contributed by atoms with Crippen LogP contribution < -0.4 is 5.32 Å². The zero-order chi connectivity index (χ0) is 13.7. The van der Waals surface area contributed by atoms with Crippen LogP contribution in [0.3, 0.4) is 0 Å². The molecule has 2 nitrogen and oxygen atoms in total. The second-order valence-electron chi connectivity index (χ2n) is 5.99. The van der Waals surface area contributed by atoms with Crippen molar-refractivity contribution >= 4 is 11.3 Å². The van der Waals surface area contributed by atoms with Gasteiger partial charge in [-0.15, -0.1) is 11.3 Å². The van der Waals surface area contributed by atoms with Crippen molar-refractivity contribution in [2.24, 2.45) is 5.92 Å². The third kappa shape index (κ3) is 4.04. The fraction of sp³-hybridized carbons (Fsp3) is 0.750. The average molecular weight is 280 g/mol. The van der Waals surface area contributed by atoms with Crippen LogP contribution in [0.4, 0.5) is 0 Å². The average Bonchev–Trinajstić information content (AvgIpc) is 2.78. The Morgan fingerprint density at radius 3 is 2.95 bits per heavy atom. The zero-order valence-corrected chi connectivity index (χ0v) is 13.4. The molecule has 1 aromatic rings. The van der Waals surface area contributed by atoms with E-state index in [2.05, 4.69) is 48.5 Å². The van der Waals surface area contributed by atoms with Gasteiger partial charge in [-0.25, -0.2) is 0 Å². The zero-order valence-electron chi connectivity index (χ0n) is 12.6. The summed E-state index contributed by atoms with van der Waals surface area (Å²) in [6.07, 6.45) is 3.84. The number of nitrogens with zero attached hydrogens (tertiary/aromatic N) is 1. The van der Waals surface area contributed by atoms with E-state index in [9.17, 15) is 0 Å². The van der Waals surface area contributed by atoms with Crippen LogP contribution in [0.1, 0.15) is 51.0 Å². The van der Waals surface area contributed by atoms with Crippen LogP contribution >= 0.6 is 11.3 Å². The molecule has 1 aliphatic heterocycles. The minimum Gasteiger partial charge on any atom is -0.313 e. The van der Waals surface area contributed by atoms with Crippen molar-refractivity contribution in [1.29, 1.82) is 0 Å². The molecule has 0 aromatic carbocycles. The molecule has 1 saturated heterocycles. The first-order chi connectivity index (χ1) is 9.22. The van der Waals surface area contributed by atoms with E-state index in [4.69, 9.17) is 0 Å². The Bertz CT molecular complexity index is 348. The van der Waals surface area contributed by atoms with Gasteiger partial charge in [-0.3, -0.25) is 4.90 Å². The van der Waals surface area contributed by atoms with E-state index < -0.39 is 0 Å². The summed E-state index contributed by atoms with van der Waals surface area (Å²) in [4.78, 5) is 4.25. The van der Waals surface area contributed by atoms with Gasteiger partial charge in [-0.2, -0.15) is 0 Å². The lowest BCUT2D eigenvalue weighted by Gasteiger charge is -2.34. The molecule has 108 valence electrons. The van der Waals surface area contributed by atoms with Crippen molar-refractivity contribution in [3.05, 3.63) is 22.4 Å². The fourth-order valence-electron chi connectivity index (χ4n) is 3.21. The van der Waals surface area contributed by atoms with Crippen LogP contribution in [0, 0.1) is 5.92 Å². The second-order valence-corrected chi connectivity index (χ2v) is 6.97. The van der Waals surface area contributed by atoms with Crippen molar-refractivity contribution in [1.82, 2.24) is 10.2 Å². The molecule has 1 aromatic heterocycles. The fourth-order valence-corrected chi connectivity index (χ4v) is 4.24. The smallest absolute Gasteiger partial charge is 0.0465 e. The maximum absolute atomic E-state index is 3.71. The predicted molar refractivity (Wildman–Crippen MR) is 84.8 cm³/mol. The van der Waals surface area contributed by atoms with Crippen LogP contribution in [0.5, 0.6) is 0 Å². The van der Waals surface area contributed by atoms with Gasteiger partial charge in [0, 0.05) is 30.1 Å². The van der Waals surface area contributed by atoms with E-state index in [0.717, 1.165) is 0 Å². The minimum atomic E-state index is 0.597. The number of rotatable bonds is 5. The van der Waals surface area contributed by atoms with Crippen LogP contribution in [-0.4, -0.2) is 30.6 Å². The summed E-state index contributed by atoms with van der Waals surface area (Å²) < 4.78 is 0. The lowest BCUT2D eigenvalue weighted by atomic mass is 9.99. The van der Waals surface area contributed by atoms with E-state index in [0.29, 0.717) is 18.0 Å². The maximum Gasteiger partial charge on any atom is 0.0465 e. The largest absolute Gasteiger partial charge is 0.313 e. The molecule has 1 fully saturated rings. The lowest BCUT2D eigenvalue weighted by Crippen LogP contribution is -2.40. The SMILES string of the molecule is CCCC1CN(C(c2cccs2)C(C)C)CCCN1. The summed E-state index contributed by atoms with van der Waals surface area (Å²) in [6, 6.07) is 5.77. The summed E-state index contributed by atoms with van der Waals surface area (Å²) in [5.41, 5.74) is 0. The lowest BCUT2D eigenvalue weighted by molar-refractivity contribution is 0.153. The predicted octanol–water partition coefficient (Wildman–Crippen LogP) is 3.91. The van der Waals surface area contributed by atoms with Crippen molar-refractivity contribution in [3.8, 4) is 0 Å². The third-order valence-electron chi connectivity index (χ3n) is 4.01. The molecule has 3 heteroatoms. The maximum atomic E-state index is 3.71. The highest BCUT2D eigenvalue weighted by Gasteiger charge is 2.27. The quantitative estimate of drug-likeness (QED) is 0.879. The molecule has 0 saturated carbocycles. The Labute approximate surface area is 122 Å². The first-order valence-electron chi connectivity index (χ1n) is 7.73. The van der Waals surface area contributed by atoms with Crippen molar-refractivity contribution in [3.63, 3.8) is 0 Å². The van der Waals surface area contributed by atoms with Crippen molar-refractivity contribution in [2.75, 3.05) is 19.6 Å². The van der Waals surface area contributed by atoms with Gasteiger partial charge >= 0.3 is 0 Å². The summed E-state index contributed by atoms with van der Waals surface area (Å²) in [6.45, 7) is 10.6. The van der Waals surface area contributed by atoms with Crippen LogP contribution in [-0.2, 0) is 0 Å². The summed E-state index contributed by atoms with van der Waals surface area (Å²) in [7, 11) is 0. The summed E-state index contributed by atoms with van der Waals surface area (Å²) >= 11 is 1.91. The summed E-state index contributed by atoms with van der Waals surface area (Å²) in [5, 5.41) is 5.93. The first-order valence-corrected chi connectivity index (χ1v) is 8.61. The van der Waals surface area contributed by atoms with Gasteiger partial charge in [0.25, 0.3) is 0 Å². The van der Waals surface area contributed by atoms with E-state index in [-0.39, 0.29) is 0 Å². The Morgan fingerprint density at radius 1 is 1.47 bits per heavy atom. The summed E-state index contributed by atoms with van der Waals surface area (Å²) in [5.74, 6) is 0.680. The molecule has 2 heterocycles. The molecule has 0 bridgehead atoms. The van der Waals surface area contributed by atoms with Crippen LogP contribution in [0.15, 0.2) is 17.5 Å². The number of thiophene rings is 1. The van der Waals surface area contributed by atoms with Gasteiger partial charge < -0.3 is 5.32 Å². The Kier molecular flexibility index (Phi) is 5.86. The van der Waals surface area contributed by atoms with E-state index >= 15 is 0 Å². The Balaban J connectivity index is 2.11. The molecule has 1 aliphatic rings. The second kappa shape index (κ2) is 7.41. The molecule has 0 spiro atoms. The highest BCUT2D eigenvalue weighted by Crippen LogP contribution is 2.32. The third-order valence-corrected chi connectivity index (χ3v) is 4.95. The number of hydrogen-bond acceptors (Lipinski definition) is 3. The molecular formula is C16H28N2S. The number of nitrogens with one attached hydrogen (secondary N) is 1. The van der Waals surface area contributed by atoms with Crippen molar-refractivity contribution < 1.29 is 0 Å². The van der Waals surface area contributed by atoms with Gasteiger partial charge in [0.05, 0.1) is 0 Å². The van der Waals surface area contributed by atoms with E-state index in [1.165, 1.54) is 43.8 Å². The standard InChI is InChI=1S/C16H28N2S/c1-4-7-14-12-18(10-6-9-17-14)16(13(2)3)15-8-5-11-19-15/h5,8,11,13-14,16-17H,4,6-7,9-10,12H2,1-3H3. The first kappa shape index (κ1) is 15.0. The molecule has 0 aliphatic carbocycles. The monoisotopic (exact) mass is 280 g/mol. The normalized spacial score (nSPS) is 23.5. The highest BCUT2D eigenvalue weighted by atomic mass is 32.1. The van der Waals surface area contributed by atoms with E-state index in [1.807, 2.05) is 11.3 Å². The molecule has 1 N–H and O–H groups in total. The van der Waals surface area contributed by atoms with Gasteiger partial charge in [0.15, 0.2) is 0 Å². The Morgan fingerprint density at radius 2 is 2.32 bits per heavy atom. The topological polar surface area (TPSA) is 15.3 Å². The van der Waals surface area contributed by atoms with Crippen LogP contribution in [0.25, 0.3) is 0 Å². The molecule has 2 unspecified atom stereocenters. The molecule has 2 atom stereocenters. The van der Waals surface area contributed by atoms with Gasteiger partial charge in [-0.1, -0.05) is 33.3 Å². The van der Waals surface area contributed by atoms with Crippen molar-refractivity contribution in [2.45, 2.75) is 52.1 Å². The molecule has 0 amide bonds. The number of hydrogen-bond donors (Lipinski definition) is 1. The minimum absolute atomic E-state index is 0.597. The molecule has 2 rings (SSSR count). The van der Waals surface area contributed by atoms with Gasteiger partial charge in [-0.05, 0) is 36.8 Å². The molecular weight excluding hydrogens is 252 g/mol. The Hall–Kier alpha value is -0.380.